The number of nitrogens with two attached hydrogens (primary N) is 1. The van der Waals surface area contributed by atoms with Gasteiger partial charge in [0, 0.05) is 5.56 Å². The van der Waals surface area contributed by atoms with Crippen LogP contribution in [0, 0.1) is 0 Å². The Balaban J connectivity index is 0.000000861. The summed E-state index contributed by atoms with van der Waals surface area (Å²) in [5, 5.41) is 8.55. The van der Waals surface area contributed by atoms with Crippen LogP contribution in [0.4, 0.5) is 5.82 Å². The van der Waals surface area contributed by atoms with Crippen LogP contribution in [0.1, 0.15) is 24.3 Å². The highest BCUT2D eigenvalue weighted by Gasteiger charge is 2.13. The fourth-order valence-electron chi connectivity index (χ4n) is 1.37. The summed E-state index contributed by atoms with van der Waals surface area (Å²) < 4.78 is 0. The molecule has 6 heteroatoms. The van der Waals surface area contributed by atoms with Gasteiger partial charge in [-0.2, -0.15) is 0 Å². The maximum atomic E-state index is 11.3. The van der Waals surface area contributed by atoms with Crippen LogP contribution in [-0.4, -0.2) is 21.1 Å². The molecule has 0 saturated carbocycles. The highest BCUT2D eigenvalue weighted by atomic mass is 16.5. The number of anilines is 1. The minimum Gasteiger partial charge on any atom is -0.382 e. The molecule has 2 rings (SSSR count). The third-order valence-electron chi connectivity index (χ3n) is 2.19. The van der Waals surface area contributed by atoms with Gasteiger partial charge in [0.15, 0.2) is 11.5 Å². The van der Waals surface area contributed by atoms with Crippen molar-refractivity contribution in [3.8, 4) is 11.3 Å². The van der Waals surface area contributed by atoms with Crippen molar-refractivity contribution in [1.82, 2.24) is 15.4 Å². The molecule has 0 bridgehead atoms. The molecule has 0 aliphatic carbocycles. The van der Waals surface area contributed by atoms with Crippen molar-refractivity contribution in [1.29, 1.82) is 0 Å². The molecule has 0 radical (unpaired) electrons. The topological polar surface area (TPSA) is 101 Å². The second kappa shape index (κ2) is 7.07. The molecule has 1 heterocycles. The molecular formula is C13H16N4O2. The van der Waals surface area contributed by atoms with E-state index >= 15 is 0 Å². The Bertz CT molecular complexity index is 544. The van der Waals surface area contributed by atoms with Gasteiger partial charge in [-0.15, -0.1) is 0 Å². The summed E-state index contributed by atoms with van der Waals surface area (Å²) in [5.74, 6) is -0.816. The zero-order chi connectivity index (χ0) is 14.3. The molecule has 2 aromatic rings. The first kappa shape index (κ1) is 14.6. The predicted octanol–water partition coefficient (Wildman–Crippen LogP) is 1.87. The molecular weight excluding hydrogens is 244 g/mol. The van der Waals surface area contributed by atoms with Crippen molar-refractivity contribution in [2.45, 2.75) is 13.8 Å². The van der Waals surface area contributed by atoms with Crippen LogP contribution in [0.25, 0.3) is 11.3 Å². The minimum absolute atomic E-state index is 0.0313. The van der Waals surface area contributed by atoms with E-state index in [2.05, 4.69) is 9.97 Å². The molecule has 19 heavy (non-hydrogen) atoms. The van der Waals surface area contributed by atoms with Gasteiger partial charge in [0.25, 0.3) is 5.91 Å². The number of nitrogens with one attached hydrogen (secondary N) is 1. The van der Waals surface area contributed by atoms with Crippen LogP contribution in [0.15, 0.2) is 36.5 Å². The van der Waals surface area contributed by atoms with E-state index < -0.39 is 5.91 Å². The number of carbonyl (C=O) groups is 1. The number of nitrogens with zero attached hydrogens (tertiary/aromatic N) is 2. The van der Waals surface area contributed by atoms with Gasteiger partial charge in [0.1, 0.15) is 0 Å². The average molecular weight is 260 g/mol. The number of nitrogen functional groups attached to an aromatic ring is 1. The molecule has 1 aromatic carbocycles. The number of amides is 1. The van der Waals surface area contributed by atoms with Crippen molar-refractivity contribution < 1.29 is 10.0 Å². The molecule has 1 aromatic heterocycles. The fraction of sp³-hybridized carbons (Fsp3) is 0.154. The smallest absolute Gasteiger partial charge is 0.297 e. The lowest BCUT2D eigenvalue weighted by Gasteiger charge is -2.05. The van der Waals surface area contributed by atoms with Crippen LogP contribution in [0.3, 0.4) is 0 Å². The lowest BCUT2D eigenvalue weighted by atomic mass is 10.1. The van der Waals surface area contributed by atoms with Crippen molar-refractivity contribution >= 4 is 11.7 Å². The lowest BCUT2D eigenvalue weighted by molar-refractivity contribution is 0.0701. The molecule has 6 nitrogen and oxygen atoms in total. The molecule has 0 atom stereocenters. The number of carbonyl (C=O) groups excluding carboxylic acids is 1. The molecule has 0 spiro atoms. The Kier molecular flexibility index (Phi) is 5.43. The first-order valence-electron chi connectivity index (χ1n) is 5.84. The van der Waals surface area contributed by atoms with E-state index in [-0.39, 0.29) is 11.5 Å². The molecule has 0 unspecified atom stereocenters. The third kappa shape index (κ3) is 3.49. The van der Waals surface area contributed by atoms with Crippen LogP contribution in [0.5, 0.6) is 0 Å². The molecule has 0 saturated heterocycles. The van der Waals surface area contributed by atoms with E-state index in [1.807, 2.05) is 44.2 Å². The summed E-state index contributed by atoms with van der Waals surface area (Å²) in [5.41, 5.74) is 8.20. The molecule has 0 aliphatic heterocycles. The van der Waals surface area contributed by atoms with E-state index in [4.69, 9.17) is 10.9 Å². The number of aromatic nitrogens is 2. The first-order chi connectivity index (χ1) is 9.22. The van der Waals surface area contributed by atoms with E-state index in [0.717, 1.165) is 5.56 Å². The van der Waals surface area contributed by atoms with E-state index in [0.29, 0.717) is 5.69 Å². The number of hydrogen-bond donors (Lipinski definition) is 3. The van der Waals surface area contributed by atoms with Gasteiger partial charge in [-0.3, -0.25) is 10.0 Å². The first-order valence-corrected chi connectivity index (χ1v) is 5.84. The Morgan fingerprint density at radius 1 is 1.26 bits per heavy atom. The van der Waals surface area contributed by atoms with E-state index in [1.165, 1.54) is 11.7 Å². The number of benzene rings is 1. The molecule has 4 N–H and O–H groups in total. The zero-order valence-electron chi connectivity index (χ0n) is 10.8. The SMILES string of the molecule is CC.Nc1ncc(-c2ccccc2)nc1C(=O)NO. The van der Waals surface area contributed by atoms with Crippen molar-refractivity contribution in [3.63, 3.8) is 0 Å². The third-order valence-corrected chi connectivity index (χ3v) is 2.19. The monoisotopic (exact) mass is 260 g/mol. The molecule has 100 valence electrons. The Morgan fingerprint density at radius 2 is 1.89 bits per heavy atom. The Hall–Kier alpha value is -2.47. The van der Waals surface area contributed by atoms with Gasteiger partial charge in [-0.25, -0.2) is 15.4 Å². The lowest BCUT2D eigenvalue weighted by Crippen LogP contribution is -2.22. The van der Waals surface area contributed by atoms with E-state index in [9.17, 15) is 4.79 Å². The summed E-state index contributed by atoms with van der Waals surface area (Å²) >= 11 is 0. The van der Waals surface area contributed by atoms with Gasteiger partial charge in [0.2, 0.25) is 0 Å². The van der Waals surface area contributed by atoms with Crippen molar-refractivity contribution in [2.75, 3.05) is 5.73 Å². The fourth-order valence-corrected chi connectivity index (χ4v) is 1.37. The minimum atomic E-state index is -0.784. The van der Waals surface area contributed by atoms with Gasteiger partial charge in [-0.05, 0) is 0 Å². The van der Waals surface area contributed by atoms with Crippen LogP contribution in [-0.2, 0) is 0 Å². The van der Waals surface area contributed by atoms with Gasteiger partial charge in [0.05, 0.1) is 11.9 Å². The molecule has 0 fully saturated rings. The predicted molar refractivity (Wildman–Crippen MR) is 72.5 cm³/mol. The van der Waals surface area contributed by atoms with Gasteiger partial charge < -0.3 is 5.73 Å². The quantitative estimate of drug-likeness (QED) is 0.565. The second-order valence-corrected chi connectivity index (χ2v) is 3.30. The van der Waals surface area contributed by atoms with Crippen molar-refractivity contribution in [2.24, 2.45) is 0 Å². The summed E-state index contributed by atoms with van der Waals surface area (Å²) in [7, 11) is 0. The average Bonchev–Trinajstić information content (AvgIpc) is 2.50. The number of hydrogen-bond acceptors (Lipinski definition) is 5. The van der Waals surface area contributed by atoms with Crippen LogP contribution >= 0.6 is 0 Å². The summed E-state index contributed by atoms with van der Waals surface area (Å²) in [6.07, 6.45) is 1.47. The second-order valence-electron chi connectivity index (χ2n) is 3.30. The van der Waals surface area contributed by atoms with Crippen LogP contribution in [0.2, 0.25) is 0 Å². The number of hydroxylamine groups is 1. The van der Waals surface area contributed by atoms with Gasteiger partial charge in [-0.1, -0.05) is 44.2 Å². The zero-order valence-corrected chi connectivity index (χ0v) is 10.8. The molecule has 1 amide bonds. The highest BCUT2D eigenvalue weighted by Crippen LogP contribution is 2.17. The number of rotatable bonds is 2. The largest absolute Gasteiger partial charge is 0.382 e. The highest BCUT2D eigenvalue weighted by molar-refractivity contribution is 5.95. The normalized spacial score (nSPS) is 9.21. The molecule has 0 aliphatic rings. The summed E-state index contributed by atoms with van der Waals surface area (Å²) in [4.78, 5) is 19.2. The Labute approximate surface area is 111 Å². The summed E-state index contributed by atoms with van der Waals surface area (Å²) in [6.45, 7) is 4.00. The van der Waals surface area contributed by atoms with E-state index in [1.54, 1.807) is 0 Å². The Morgan fingerprint density at radius 3 is 2.47 bits per heavy atom. The van der Waals surface area contributed by atoms with Crippen molar-refractivity contribution in [3.05, 3.63) is 42.2 Å². The maximum absolute atomic E-state index is 11.3. The standard InChI is InChI=1S/C11H10N4O2.C2H6/c12-10-9(11(16)15-17)14-8(6-13-10)7-4-2-1-3-5-7;1-2/h1-6,17H,(H2,12,13)(H,15,16);1-2H3. The summed E-state index contributed by atoms with van der Waals surface area (Å²) in [6, 6.07) is 9.23. The van der Waals surface area contributed by atoms with Crippen LogP contribution < -0.4 is 11.2 Å². The maximum Gasteiger partial charge on any atom is 0.297 e. The van der Waals surface area contributed by atoms with Gasteiger partial charge >= 0.3 is 0 Å².